The molecular formula is C24H29N5O2. The standard InChI is InChI=1S/C24H29N5O2/c1-3-31-22-7-5-4-6-21(22)26-23(30)18-27-14-16-28(17-15-27)24-25-12-13-29(24)20-10-8-19(2)9-11-20/h4-13H,3,14-18H2,1-2H3,(H,26,30). The van der Waals surface area contributed by atoms with Gasteiger partial charge in [-0.3, -0.25) is 14.3 Å². The number of nitrogens with zero attached hydrogens (tertiary/aromatic N) is 4. The average Bonchev–Trinajstić information content (AvgIpc) is 3.26. The van der Waals surface area contributed by atoms with E-state index in [2.05, 4.69) is 55.9 Å². The number of carbonyl (C=O) groups is 1. The van der Waals surface area contributed by atoms with Crippen LogP contribution in [-0.2, 0) is 4.79 Å². The lowest BCUT2D eigenvalue weighted by molar-refractivity contribution is -0.117. The van der Waals surface area contributed by atoms with Gasteiger partial charge in [0, 0.05) is 44.3 Å². The molecule has 162 valence electrons. The van der Waals surface area contributed by atoms with Gasteiger partial charge in [-0.15, -0.1) is 0 Å². The van der Waals surface area contributed by atoms with E-state index in [0.29, 0.717) is 24.6 Å². The number of aromatic nitrogens is 2. The normalized spacial score (nSPS) is 14.5. The molecule has 7 heteroatoms. The van der Waals surface area contributed by atoms with Gasteiger partial charge in [-0.2, -0.15) is 0 Å². The molecule has 0 saturated carbocycles. The number of imidazole rings is 1. The lowest BCUT2D eigenvalue weighted by Gasteiger charge is -2.35. The van der Waals surface area contributed by atoms with Crippen molar-refractivity contribution in [2.75, 3.05) is 49.5 Å². The second kappa shape index (κ2) is 9.66. The van der Waals surface area contributed by atoms with E-state index < -0.39 is 0 Å². The maximum absolute atomic E-state index is 12.6. The smallest absolute Gasteiger partial charge is 0.238 e. The molecule has 0 aliphatic carbocycles. The van der Waals surface area contributed by atoms with Crippen LogP contribution in [0.15, 0.2) is 60.9 Å². The van der Waals surface area contributed by atoms with E-state index >= 15 is 0 Å². The Morgan fingerprint density at radius 1 is 1.06 bits per heavy atom. The Labute approximate surface area is 183 Å². The number of anilines is 2. The molecule has 3 aromatic rings. The zero-order chi connectivity index (χ0) is 21.6. The highest BCUT2D eigenvalue weighted by Gasteiger charge is 2.22. The van der Waals surface area contributed by atoms with Gasteiger partial charge in [0.15, 0.2) is 0 Å². The van der Waals surface area contributed by atoms with Crippen molar-refractivity contribution in [3.63, 3.8) is 0 Å². The highest BCUT2D eigenvalue weighted by Crippen LogP contribution is 2.24. The fraction of sp³-hybridized carbons (Fsp3) is 0.333. The molecule has 0 atom stereocenters. The van der Waals surface area contributed by atoms with Crippen LogP contribution < -0.4 is 15.0 Å². The molecule has 1 aromatic heterocycles. The molecule has 4 rings (SSSR count). The summed E-state index contributed by atoms with van der Waals surface area (Å²) in [6.07, 6.45) is 3.83. The van der Waals surface area contributed by atoms with Crippen molar-refractivity contribution < 1.29 is 9.53 Å². The molecular weight excluding hydrogens is 390 g/mol. The third kappa shape index (κ3) is 5.06. The predicted octanol–water partition coefficient (Wildman–Crippen LogP) is 3.34. The highest BCUT2D eigenvalue weighted by atomic mass is 16.5. The summed E-state index contributed by atoms with van der Waals surface area (Å²) < 4.78 is 7.71. The van der Waals surface area contributed by atoms with E-state index in [-0.39, 0.29) is 5.91 Å². The summed E-state index contributed by atoms with van der Waals surface area (Å²) in [6.45, 7) is 8.21. The Morgan fingerprint density at radius 3 is 2.55 bits per heavy atom. The molecule has 0 radical (unpaired) electrons. The average molecular weight is 420 g/mol. The zero-order valence-electron chi connectivity index (χ0n) is 18.1. The van der Waals surface area contributed by atoms with Crippen LogP contribution in [-0.4, -0.2) is 59.7 Å². The minimum Gasteiger partial charge on any atom is -0.492 e. The van der Waals surface area contributed by atoms with Crippen LogP contribution in [0.4, 0.5) is 11.6 Å². The van der Waals surface area contributed by atoms with Gasteiger partial charge in [-0.25, -0.2) is 4.98 Å². The van der Waals surface area contributed by atoms with E-state index in [0.717, 1.165) is 37.8 Å². The van der Waals surface area contributed by atoms with Crippen LogP contribution in [0.1, 0.15) is 12.5 Å². The van der Waals surface area contributed by atoms with E-state index in [4.69, 9.17) is 4.74 Å². The number of ether oxygens (including phenoxy) is 1. The molecule has 1 aliphatic heterocycles. The first-order valence-electron chi connectivity index (χ1n) is 10.7. The summed E-state index contributed by atoms with van der Waals surface area (Å²) in [4.78, 5) is 21.6. The Morgan fingerprint density at radius 2 is 1.81 bits per heavy atom. The van der Waals surface area contributed by atoms with E-state index in [9.17, 15) is 4.79 Å². The number of nitrogens with one attached hydrogen (secondary N) is 1. The number of amides is 1. The minimum atomic E-state index is -0.0261. The number of hydrogen-bond donors (Lipinski definition) is 1. The number of hydrogen-bond acceptors (Lipinski definition) is 5. The summed E-state index contributed by atoms with van der Waals surface area (Å²) in [5.41, 5.74) is 3.06. The van der Waals surface area contributed by atoms with Gasteiger partial charge < -0.3 is 15.0 Å². The number of aryl methyl sites for hydroxylation is 1. The Bertz CT molecular complexity index is 1010. The second-order valence-corrected chi connectivity index (χ2v) is 7.67. The van der Waals surface area contributed by atoms with Gasteiger partial charge in [-0.05, 0) is 38.1 Å². The molecule has 7 nitrogen and oxygen atoms in total. The predicted molar refractivity (Wildman–Crippen MR) is 123 cm³/mol. The Kier molecular flexibility index (Phi) is 6.52. The van der Waals surface area contributed by atoms with Gasteiger partial charge in [0.05, 0.1) is 18.8 Å². The molecule has 2 heterocycles. The lowest BCUT2D eigenvalue weighted by Crippen LogP contribution is -2.49. The van der Waals surface area contributed by atoms with Gasteiger partial charge in [-0.1, -0.05) is 29.8 Å². The van der Waals surface area contributed by atoms with Crippen LogP contribution in [0.25, 0.3) is 5.69 Å². The molecule has 1 saturated heterocycles. The summed E-state index contributed by atoms with van der Waals surface area (Å²) in [5, 5.41) is 2.98. The maximum Gasteiger partial charge on any atom is 0.238 e. The summed E-state index contributed by atoms with van der Waals surface area (Å²) in [6, 6.07) is 16.0. The molecule has 2 aromatic carbocycles. The minimum absolute atomic E-state index is 0.0261. The van der Waals surface area contributed by atoms with E-state index in [1.807, 2.05) is 43.6 Å². The number of piperazine rings is 1. The molecule has 1 aliphatic rings. The highest BCUT2D eigenvalue weighted by molar-refractivity contribution is 5.93. The van der Waals surface area contributed by atoms with Gasteiger partial charge in [0.2, 0.25) is 11.9 Å². The van der Waals surface area contributed by atoms with Crippen molar-refractivity contribution >= 4 is 17.5 Å². The monoisotopic (exact) mass is 419 g/mol. The van der Waals surface area contributed by atoms with Gasteiger partial charge >= 0.3 is 0 Å². The van der Waals surface area contributed by atoms with Gasteiger partial charge in [0.25, 0.3) is 0 Å². The van der Waals surface area contributed by atoms with Crippen molar-refractivity contribution in [1.29, 1.82) is 0 Å². The van der Waals surface area contributed by atoms with Crippen molar-refractivity contribution in [3.8, 4) is 11.4 Å². The summed E-state index contributed by atoms with van der Waals surface area (Å²) in [7, 11) is 0. The third-order valence-electron chi connectivity index (χ3n) is 5.42. The molecule has 31 heavy (non-hydrogen) atoms. The first-order chi connectivity index (χ1) is 15.1. The topological polar surface area (TPSA) is 62.6 Å². The first-order valence-corrected chi connectivity index (χ1v) is 10.7. The van der Waals surface area contributed by atoms with Crippen molar-refractivity contribution in [1.82, 2.24) is 14.5 Å². The fourth-order valence-corrected chi connectivity index (χ4v) is 3.79. The summed E-state index contributed by atoms with van der Waals surface area (Å²) in [5.74, 6) is 1.62. The molecule has 0 spiro atoms. The quantitative estimate of drug-likeness (QED) is 0.636. The number of benzene rings is 2. The molecule has 0 bridgehead atoms. The molecule has 0 unspecified atom stereocenters. The van der Waals surface area contributed by atoms with Crippen molar-refractivity contribution in [3.05, 3.63) is 66.5 Å². The first kappa shape index (κ1) is 20.9. The van der Waals surface area contributed by atoms with E-state index in [1.165, 1.54) is 5.56 Å². The lowest BCUT2D eigenvalue weighted by atomic mass is 10.2. The second-order valence-electron chi connectivity index (χ2n) is 7.67. The maximum atomic E-state index is 12.6. The fourth-order valence-electron chi connectivity index (χ4n) is 3.79. The molecule has 1 N–H and O–H groups in total. The summed E-state index contributed by atoms with van der Waals surface area (Å²) >= 11 is 0. The van der Waals surface area contributed by atoms with E-state index in [1.54, 1.807) is 0 Å². The van der Waals surface area contributed by atoms with Crippen LogP contribution in [0.2, 0.25) is 0 Å². The number of carbonyl (C=O) groups excluding carboxylic acids is 1. The van der Waals surface area contributed by atoms with Crippen LogP contribution in [0.3, 0.4) is 0 Å². The van der Waals surface area contributed by atoms with Crippen LogP contribution in [0, 0.1) is 6.92 Å². The van der Waals surface area contributed by atoms with Crippen LogP contribution in [0.5, 0.6) is 5.75 Å². The van der Waals surface area contributed by atoms with Crippen molar-refractivity contribution in [2.24, 2.45) is 0 Å². The number of para-hydroxylation sites is 2. The third-order valence-corrected chi connectivity index (χ3v) is 5.42. The molecule has 1 amide bonds. The largest absolute Gasteiger partial charge is 0.492 e. The van der Waals surface area contributed by atoms with Crippen molar-refractivity contribution in [2.45, 2.75) is 13.8 Å². The molecule has 1 fully saturated rings. The number of rotatable bonds is 7. The van der Waals surface area contributed by atoms with Gasteiger partial charge in [0.1, 0.15) is 5.75 Å². The Hall–Kier alpha value is -3.32. The zero-order valence-corrected chi connectivity index (χ0v) is 18.1. The Balaban J connectivity index is 1.33. The SMILES string of the molecule is CCOc1ccccc1NC(=O)CN1CCN(c2nccn2-c2ccc(C)cc2)CC1. The van der Waals surface area contributed by atoms with Crippen LogP contribution >= 0.6 is 0 Å².